The summed E-state index contributed by atoms with van der Waals surface area (Å²) < 4.78 is 0. The first kappa shape index (κ1) is 13.8. The minimum absolute atomic E-state index is 0.0112. The van der Waals surface area contributed by atoms with Crippen molar-refractivity contribution in [2.24, 2.45) is 5.73 Å². The predicted molar refractivity (Wildman–Crippen MR) is 87.4 cm³/mol. The molecule has 0 heterocycles. The summed E-state index contributed by atoms with van der Waals surface area (Å²) in [4.78, 5) is 11.6. The third-order valence-electron chi connectivity index (χ3n) is 3.64. The van der Waals surface area contributed by atoms with Crippen LogP contribution in [-0.4, -0.2) is 16.9 Å². The summed E-state index contributed by atoms with van der Waals surface area (Å²) in [6.45, 7) is 0. The lowest BCUT2D eigenvalue weighted by atomic mass is 9.93. The van der Waals surface area contributed by atoms with Crippen molar-refractivity contribution in [1.29, 1.82) is 5.41 Å². The lowest BCUT2D eigenvalue weighted by Gasteiger charge is -2.11. The molecule has 0 atom stereocenters. The third-order valence-corrected chi connectivity index (χ3v) is 3.64. The number of hydrogen-bond donors (Lipinski definition) is 3. The lowest BCUT2D eigenvalue weighted by molar-refractivity contribution is 0.0698. The first-order chi connectivity index (χ1) is 10.6. The zero-order valence-corrected chi connectivity index (χ0v) is 11.7. The van der Waals surface area contributed by atoms with Crippen molar-refractivity contribution in [3.05, 3.63) is 71.8 Å². The monoisotopic (exact) mass is 290 g/mol. The van der Waals surface area contributed by atoms with Crippen LogP contribution >= 0.6 is 0 Å². The van der Waals surface area contributed by atoms with E-state index in [0.29, 0.717) is 11.1 Å². The minimum atomic E-state index is -0.962. The van der Waals surface area contributed by atoms with Gasteiger partial charge in [-0.15, -0.1) is 0 Å². The van der Waals surface area contributed by atoms with Crippen LogP contribution in [0.1, 0.15) is 15.9 Å². The molecule has 4 heteroatoms. The Hall–Kier alpha value is -3.14. The number of carboxylic acid groups (broad SMARTS) is 1. The normalized spacial score (nSPS) is 10.5. The number of nitrogens with two attached hydrogens (primary N) is 1. The van der Waals surface area contributed by atoms with Gasteiger partial charge in [0.25, 0.3) is 0 Å². The van der Waals surface area contributed by atoms with Crippen molar-refractivity contribution in [2.45, 2.75) is 0 Å². The van der Waals surface area contributed by atoms with E-state index in [9.17, 15) is 9.90 Å². The maximum absolute atomic E-state index is 11.6. The second kappa shape index (κ2) is 5.33. The summed E-state index contributed by atoms with van der Waals surface area (Å²) in [6.07, 6.45) is 0. The molecule has 0 aliphatic rings. The molecule has 3 aromatic rings. The van der Waals surface area contributed by atoms with Gasteiger partial charge in [-0.05, 0) is 22.4 Å². The van der Waals surface area contributed by atoms with Gasteiger partial charge in [0.2, 0.25) is 0 Å². The number of carboxylic acids is 1. The van der Waals surface area contributed by atoms with E-state index in [4.69, 9.17) is 11.1 Å². The van der Waals surface area contributed by atoms with Gasteiger partial charge >= 0.3 is 5.97 Å². The van der Waals surface area contributed by atoms with Gasteiger partial charge in [0.15, 0.2) is 0 Å². The molecule has 0 bridgehead atoms. The van der Waals surface area contributed by atoms with E-state index in [1.807, 2.05) is 30.3 Å². The van der Waals surface area contributed by atoms with Gasteiger partial charge < -0.3 is 10.8 Å². The van der Waals surface area contributed by atoms with Crippen molar-refractivity contribution in [2.75, 3.05) is 0 Å². The number of hydrogen-bond acceptors (Lipinski definition) is 2. The van der Waals surface area contributed by atoms with E-state index in [1.165, 1.54) is 0 Å². The highest BCUT2D eigenvalue weighted by Crippen LogP contribution is 2.32. The number of rotatable bonds is 3. The molecule has 3 rings (SSSR count). The molecule has 0 saturated carbocycles. The van der Waals surface area contributed by atoms with E-state index in [-0.39, 0.29) is 11.4 Å². The Kier molecular flexibility index (Phi) is 3.35. The van der Waals surface area contributed by atoms with Crippen LogP contribution in [0, 0.1) is 5.41 Å². The number of benzene rings is 3. The summed E-state index contributed by atoms with van der Waals surface area (Å²) >= 11 is 0. The summed E-state index contributed by atoms with van der Waals surface area (Å²) in [6, 6.07) is 18.2. The Bertz CT molecular complexity index is 883. The maximum Gasteiger partial charge on any atom is 0.336 e. The Balaban J connectivity index is 2.29. The first-order valence-electron chi connectivity index (χ1n) is 6.78. The maximum atomic E-state index is 11.6. The molecular weight excluding hydrogens is 276 g/mol. The molecule has 0 aliphatic heterocycles. The smallest absolute Gasteiger partial charge is 0.336 e. The second-order valence-corrected chi connectivity index (χ2v) is 5.01. The van der Waals surface area contributed by atoms with E-state index >= 15 is 0 Å². The Morgan fingerprint density at radius 2 is 1.64 bits per heavy atom. The van der Waals surface area contributed by atoms with Crippen LogP contribution in [0.5, 0.6) is 0 Å². The zero-order chi connectivity index (χ0) is 15.7. The Labute approximate surface area is 127 Å². The number of carbonyl (C=O) groups is 1. The van der Waals surface area contributed by atoms with Crippen LogP contribution < -0.4 is 5.73 Å². The standard InChI is InChI=1S/C18H14N2O2/c19-17(20)13-7-5-12(6-8-13)16-14-4-2-1-3-11(14)9-10-15(16)18(21)22/h1-10H,(H3,19,20)(H,21,22). The minimum Gasteiger partial charge on any atom is -0.478 e. The van der Waals surface area contributed by atoms with E-state index < -0.39 is 5.97 Å². The van der Waals surface area contributed by atoms with Gasteiger partial charge in [-0.3, -0.25) is 5.41 Å². The van der Waals surface area contributed by atoms with Gasteiger partial charge in [0, 0.05) is 11.1 Å². The van der Waals surface area contributed by atoms with Crippen LogP contribution in [0.2, 0.25) is 0 Å². The average Bonchev–Trinajstić information content (AvgIpc) is 2.53. The Morgan fingerprint density at radius 3 is 2.27 bits per heavy atom. The van der Waals surface area contributed by atoms with E-state index in [0.717, 1.165) is 16.3 Å². The molecule has 0 spiro atoms. The van der Waals surface area contributed by atoms with Crippen molar-refractivity contribution in [3.8, 4) is 11.1 Å². The van der Waals surface area contributed by atoms with Gasteiger partial charge in [0.05, 0.1) is 5.56 Å². The Morgan fingerprint density at radius 1 is 0.955 bits per heavy atom. The topological polar surface area (TPSA) is 87.2 Å². The molecule has 0 radical (unpaired) electrons. The molecule has 3 aromatic carbocycles. The van der Waals surface area contributed by atoms with Gasteiger partial charge in [-0.1, -0.05) is 54.6 Å². The highest BCUT2D eigenvalue weighted by molar-refractivity contribution is 6.08. The quantitative estimate of drug-likeness (QED) is 0.509. The molecule has 0 amide bonds. The largest absolute Gasteiger partial charge is 0.478 e. The van der Waals surface area contributed by atoms with Gasteiger partial charge in [-0.2, -0.15) is 0 Å². The SMILES string of the molecule is N=C(N)c1ccc(-c2c(C(=O)O)ccc3ccccc23)cc1. The molecule has 0 saturated heterocycles. The fourth-order valence-electron chi connectivity index (χ4n) is 2.58. The summed E-state index contributed by atoms with van der Waals surface area (Å²) in [5.74, 6) is -0.973. The average molecular weight is 290 g/mol. The van der Waals surface area contributed by atoms with Crippen LogP contribution in [0.15, 0.2) is 60.7 Å². The molecule has 0 fully saturated rings. The van der Waals surface area contributed by atoms with Crippen molar-refractivity contribution in [1.82, 2.24) is 0 Å². The third kappa shape index (κ3) is 2.31. The lowest BCUT2D eigenvalue weighted by Crippen LogP contribution is -2.10. The fraction of sp³-hybridized carbons (Fsp3) is 0. The van der Waals surface area contributed by atoms with Crippen molar-refractivity contribution in [3.63, 3.8) is 0 Å². The van der Waals surface area contributed by atoms with Crippen LogP contribution in [0.25, 0.3) is 21.9 Å². The van der Waals surface area contributed by atoms with Crippen molar-refractivity contribution >= 4 is 22.6 Å². The van der Waals surface area contributed by atoms with Gasteiger partial charge in [0.1, 0.15) is 5.84 Å². The van der Waals surface area contributed by atoms with Crippen molar-refractivity contribution < 1.29 is 9.90 Å². The molecule has 0 unspecified atom stereocenters. The fourth-order valence-corrected chi connectivity index (χ4v) is 2.58. The molecule has 0 aliphatic carbocycles. The molecule has 4 nitrogen and oxygen atoms in total. The zero-order valence-electron chi connectivity index (χ0n) is 11.7. The molecule has 0 aromatic heterocycles. The summed E-state index contributed by atoms with van der Waals surface area (Å²) in [5, 5.41) is 18.8. The van der Waals surface area contributed by atoms with E-state index in [1.54, 1.807) is 30.3 Å². The van der Waals surface area contributed by atoms with Crippen LogP contribution in [-0.2, 0) is 0 Å². The molecule has 22 heavy (non-hydrogen) atoms. The summed E-state index contributed by atoms with van der Waals surface area (Å²) in [7, 11) is 0. The predicted octanol–water partition coefficient (Wildman–Crippen LogP) is 3.49. The number of fused-ring (bicyclic) bond motifs is 1. The summed E-state index contributed by atoms with van der Waals surface area (Å²) in [5.41, 5.74) is 7.80. The number of nitrogen functional groups attached to an aromatic ring is 1. The molecule has 108 valence electrons. The van der Waals surface area contributed by atoms with E-state index in [2.05, 4.69) is 0 Å². The van der Waals surface area contributed by atoms with Gasteiger partial charge in [-0.25, -0.2) is 4.79 Å². The van der Waals surface area contributed by atoms with Crippen LogP contribution in [0.4, 0.5) is 0 Å². The molecular formula is C18H14N2O2. The highest BCUT2D eigenvalue weighted by atomic mass is 16.4. The number of aromatic carboxylic acids is 1. The number of amidine groups is 1. The number of nitrogens with one attached hydrogen (secondary N) is 1. The second-order valence-electron chi connectivity index (χ2n) is 5.01. The molecule has 4 N–H and O–H groups in total. The highest BCUT2D eigenvalue weighted by Gasteiger charge is 2.15. The first-order valence-corrected chi connectivity index (χ1v) is 6.78. The van der Waals surface area contributed by atoms with Crippen LogP contribution in [0.3, 0.4) is 0 Å².